The second-order valence-corrected chi connectivity index (χ2v) is 3.59. The minimum absolute atomic E-state index is 0.00845. The number of nitrogens with one attached hydrogen (secondary N) is 2. The van der Waals surface area contributed by atoms with E-state index in [1.807, 2.05) is 0 Å². The molecule has 0 saturated heterocycles. The van der Waals surface area contributed by atoms with Gasteiger partial charge >= 0.3 is 0 Å². The molecule has 0 aliphatic carbocycles. The first-order valence-corrected chi connectivity index (χ1v) is 4.98. The maximum absolute atomic E-state index is 11.1. The van der Waals surface area contributed by atoms with Crippen molar-refractivity contribution in [2.45, 2.75) is 6.92 Å². The Morgan fingerprint density at radius 3 is 2.88 bits per heavy atom. The summed E-state index contributed by atoms with van der Waals surface area (Å²) in [6.07, 6.45) is 0. The van der Waals surface area contributed by atoms with E-state index in [1.165, 1.54) is 13.0 Å². The fourth-order valence-electron chi connectivity index (χ4n) is 1.55. The fourth-order valence-corrected chi connectivity index (χ4v) is 1.55. The van der Waals surface area contributed by atoms with Crippen molar-refractivity contribution in [2.75, 3.05) is 11.1 Å². The lowest BCUT2D eigenvalue weighted by Gasteiger charge is -2.09. The highest BCUT2D eigenvalue weighted by Gasteiger charge is 2.12. The normalized spacial score (nSPS) is 10.2. The molecule has 2 rings (SSSR count). The summed E-state index contributed by atoms with van der Waals surface area (Å²) >= 11 is 0. The molecule has 5 N–H and O–H groups in total. The van der Waals surface area contributed by atoms with Crippen LogP contribution in [0.4, 0.5) is 11.5 Å². The first-order chi connectivity index (χ1) is 8.08. The lowest BCUT2D eigenvalue weighted by atomic mass is 10.1. The highest BCUT2D eigenvalue weighted by atomic mass is 16.3. The summed E-state index contributed by atoms with van der Waals surface area (Å²) in [7, 11) is 0. The summed E-state index contributed by atoms with van der Waals surface area (Å²) in [6.45, 7) is 1.37. The Balaban J connectivity index is 2.53. The SMILES string of the molecule is CC(=O)Nc1c(O)cccc1-c1cc(N)n[nH]1. The van der Waals surface area contributed by atoms with E-state index < -0.39 is 0 Å². The van der Waals surface area contributed by atoms with Crippen LogP contribution in [0, 0.1) is 0 Å². The van der Waals surface area contributed by atoms with Crippen LogP contribution < -0.4 is 11.1 Å². The quantitative estimate of drug-likeness (QED) is 0.586. The number of nitrogens with zero attached hydrogens (tertiary/aromatic N) is 1. The molecule has 0 fully saturated rings. The molecule has 6 heteroatoms. The van der Waals surface area contributed by atoms with Crippen molar-refractivity contribution in [3.63, 3.8) is 0 Å². The number of hydrogen-bond donors (Lipinski definition) is 4. The van der Waals surface area contributed by atoms with Crippen LogP contribution in [0.5, 0.6) is 5.75 Å². The van der Waals surface area contributed by atoms with E-state index in [2.05, 4.69) is 15.5 Å². The van der Waals surface area contributed by atoms with Crippen LogP contribution in [0.3, 0.4) is 0 Å². The second-order valence-electron chi connectivity index (χ2n) is 3.59. The molecule has 0 unspecified atom stereocenters. The van der Waals surface area contributed by atoms with Crippen LogP contribution >= 0.6 is 0 Å². The maximum atomic E-state index is 11.1. The molecule has 1 aromatic carbocycles. The van der Waals surface area contributed by atoms with Crippen molar-refractivity contribution < 1.29 is 9.90 Å². The molecule has 1 heterocycles. The molecule has 88 valence electrons. The van der Waals surface area contributed by atoms with E-state index in [1.54, 1.807) is 18.2 Å². The van der Waals surface area contributed by atoms with Gasteiger partial charge in [-0.15, -0.1) is 0 Å². The van der Waals surface area contributed by atoms with E-state index in [-0.39, 0.29) is 11.7 Å². The van der Waals surface area contributed by atoms with Gasteiger partial charge in [-0.3, -0.25) is 9.89 Å². The molecule has 0 spiro atoms. The number of carbonyl (C=O) groups is 1. The Bertz CT molecular complexity index is 562. The smallest absolute Gasteiger partial charge is 0.221 e. The van der Waals surface area contributed by atoms with Crippen LogP contribution in [0.25, 0.3) is 11.3 Å². The third-order valence-corrected chi connectivity index (χ3v) is 2.23. The molecule has 0 atom stereocenters. The number of aromatic nitrogens is 2. The van der Waals surface area contributed by atoms with Crippen LogP contribution in [0.1, 0.15) is 6.92 Å². The van der Waals surface area contributed by atoms with E-state index in [0.29, 0.717) is 22.8 Å². The van der Waals surface area contributed by atoms with Crippen molar-refractivity contribution >= 4 is 17.4 Å². The highest BCUT2D eigenvalue weighted by molar-refractivity contribution is 5.96. The molecule has 0 aliphatic heterocycles. The number of rotatable bonds is 2. The molecule has 1 aromatic heterocycles. The minimum atomic E-state index is -0.264. The zero-order valence-corrected chi connectivity index (χ0v) is 9.19. The third kappa shape index (κ3) is 2.20. The molecule has 0 aliphatic rings. The van der Waals surface area contributed by atoms with Gasteiger partial charge in [0.25, 0.3) is 0 Å². The number of nitrogen functional groups attached to an aromatic ring is 1. The van der Waals surface area contributed by atoms with Gasteiger partial charge in [-0.05, 0) is 6.07 Å². The van der Waals surface area contributed by atoms with Gasteiger partial charge in [0.2, 0.25) is 5.91 Å². The number of anilines is 2. The Labute approximate surface area is 97.5 Å². The van der Waals surface area contributed by atoms with Gasteiger partial charge in [-0.2, -0.15) is 5.10 Å². The number of para-hydroxylation sites is 1. The Kier molecular flexibility index (Phi) is 2.70. The van der Waals surface area contributed by atoms with E-state index in [0.717, 1.165) is 0 Å². The molecule has 0 radical (unpaired) electrons. The van der Waals surface area contributed by atoms with Crippen molar-refractivity contribution in [2.24, 2.45) is 0 Å². The molecule has 2 aromatic rings. The van der Waals surface area contributed by atoms with E-state index in [4.69, 9.17) is 5.73 Å². The van der Waals surface area contributed by atoms with Gasteiger partial charge in [0.1, 0.15) is 11.6 Å². The van der Waals surface area contributed by atoms with Crippen molar-refractivity contribution in [3.05, 3.63) is 24.3 Å². The number of phenols is 1. The maximum Gasteiger partial charge on any atom is 0.221 e. The Morgan fingerprint density at radius 1 is 1.53 bits per heavy atom. The molecular formula is C11H12N4O2. The first-order valence-electron chi connectivity index (χ1n) is 4.98. The fraction of sp³-hybridized carbons (Fsp3) is 0.0909. The van der Waals surface area contributed by atoms with Gasteiger partial charge in [0, 0.05) is 18.6 Å². The summed E-state index contributed by atoms with van der Waals surface area (Å²) in [4.78, 5) is 11.1. The summed E-state index contributed by atoms with van der Waals surface area (Å²) in [6, 6.07) is 6.54. The van der Waals surface area contributed by atoms with Crippen LogP contribution in [-0.2, 0) is 4.79 Å². The molecule has 6 nitrogen and oxygen atoms in total. The van der Waals surface area contributed by atoms with Crippen molar-refractivity contribution in [3.8, 4) is 17.0 Å². The average molecular weight is 232 g/mol. The summed E-state index contributed by atoms with van der Waals surface area (Å²) in [5.41, 5.74) is 7.11. The number of nitrogens with two attached hydrogens (primary N) is 1. The molecule has 17 heavy (non-hydrogen) atoms. The number of phenolic OH excluding ortho intramolecular Hbond substituents is 1. The number of hydrogen-bond acceptors (Lipinski definition) is 4. The third-order valence-electron chi connectivity index (χ3n) is 2.23. The number of aromatic hydroxyl groups is 1. The van der Waals surface area contributed by atoms with Gasteiger partial charge in [0.15, 0.2) is 0 Å². The lowest BCUT2D eigenvalue weighted by molar-refractivity contribution is -0.114. The summed E-state index contributed by atoms with van der Waals surface area (Å²) in [5, 5.41) is 18.8. The van der Waals surface area contributed by atoms with Gasteiger partial charge < -0.3 is 16.2 Å². The first kappa shape index (κ1) is 11.0. The predicted molar refractivity (Wildman–Crippen MR) is 64.4 cm³/mol. The number of aromatic amines is 1. The molecular weight excluding hydrogens is 220 g/mol. The number of benzene rings is 1. The monoisotopic (exact) mass is 232 g/mol. The van der Waals surface area contributed by atoms with Crippen LogP contribution in [0.2, 0.25) is 0 Å². The topological polar surface area (TPSA) is 104 Å². The van der Waals surface area contributed by atoms with Crippen molar-refractivity contribution in [1.82, 2.24) is 10.2 Å². The van der Waals surface area contributed by atoms with Crippen LogP contribution in [0.15, 0.2) is 24.3 Å². The standard InChI is InChI=1S/C11H12N4O2/c1-6(16)13-11-7(3-2-4-9(11)17)8-5-10(12)15-14-8/h2-5,17H,1H3,(H,13,16)(H3,12,14,15). The zero-order valence-electron chi connectivity index (χ0n) is 9.19. The molecule has 0 saturated carbocycles. The van der Waals surface area contributed by atoms with Crippen LogP contribution in [-0.4, -0.2) is 21.2 Å². The Morgan fingerprint density at radius 2 is 2.29 bits per heavy atom. The zero-order chi connectivity index (χ0) is 12.4. The van der Waals surface area contributed by atoms with E-state index >= 15 is 0 Å². The highest BCUT2D eigenvalue weighted by Crippen LogP contribution is 2.34. The summed E-state index contributed by atoms with van der Waals surface area (Å²) < 4.78 is 0. The summed E-state index contributed by atoms with van der Waals surface area (Å²) in [5.74, 6) is 0.0724. The largest absolute Gasteiger partial charge is 0.506 e. The number of carbonyl (C=O) groups excluding carboxylic acids is 1. The van der Waals surface area contributed by atoms with E-state index in [9.17, 15) is 9.90 Å². The molecule has 1 amide bonds. The molecule has 0 bridgehead atoms. The Hall–Kier alpha value is -2.50. The van der Waals surface area contributed by atoms with Gasteiger partial charge in [-0.1, -0.05) is 12.1 Å². The minimum Gasteiger partial charge on any atom is -0.506 e. The predicted octanol–water partition coefficient (Wildman–Crippen LogP) is 1.32. The number of H-pyrrole nitrogens is 1. The lowest BCUT2D eigenvalue weighted by Crippen LogP contribution is -2.07. The van der Waals surface area contributed by atoms with Gasteiger partial charge in [-0.25, -0.2) is 0 Å². The van der Waals surface area contributed by atoms with Crippen molar-refractivity contribution in [1.29, 1.82) is 0 Å². The second kappa shape index (κ2) is 4.17. The van der Waals surface area contributed by atoms with Gasteiger partial charge in [0.05, 0.1) is 11.4 Å². The average Bonchev–Trinajstić information content (AvgIpc) is 2.67. The number of amides is 1.